The third-order valence-electron chi connectivity index (χ3n) is 3.35. The van der Waals surface area contributed by atoms with Crippen LogP contribution in [0, 0.1) is 0 Å². The standard InChI is InChI=1S/C17H15N3O2/c1-11(21)18-14-8-9-16-15(10-14)17(19-20(16)12(2)22)13-6-4-3-5-7-13/h3-10H,1-2H3,(H,18,21). The summed E-state index contributed by atoms with van der Waals surface area (Å²) in [7, 11) is 0. The number of nitrogens with one attached hydrogen (secondary N) is 1. The van der Waals surface area contributed by atoms with Gasteiger partial charge in [0.15, 0.2) is 0 Å². The molecule has 1 amide bonds. The van der Waals surface area contributed by atoms with E-state index >= 15 is 0 Å². The lowest BCUT2D eigenvalue weighted by Gasteiger charge is -2.03. The van der Waals surface area contributed by atoms with Crippen LogP contribution in [-0.2, 0) is 4.79 Å². The molecule has 0 saturated carbocycles. The Morgan fingerprint density at radius 2 is 1.77 bits per heavy atom. The maximum Gasteiger partial charge on any atom is 0.244 e. The summed E-state index contributed by atoms with van der Waals surface area (Å²) in [5.41, 5.74) is 3.05. The summed E-state index contributed by atoms with van der Waals surface area (Å²) in [6.45, 7) is 2.93. The summed E-state index contributed by atoms with van der Waals surface area (Å²) >= 11 is 0. The van der Waals surface area contributed by atoms with Gasteiger partial charge >= 0.3 is 0 Å². The van der Waals surface area contributed by atoms with Crippen molar-refractivity contribution in [3.05, 3.63) is 48.5 Å². The summed E-state index contributed by atoms with van der Waals surface area (Å²) in [4.78, 5) is 23.0. The van der Waals surface area contributed by atoms with Gasteiger partial charge in [-0.3, -0.25) is 9.59 Å². The van der Waals surface area contributed by atoms with Gasteiger partial charge < -0.3 is 5.32 Å². The van der Waals surface area contributed by atoms with Crippen molar-refractivity contribution in [2.24, 2.45) is 0 Å². The third-order valence-corrected chi connectivity index (χ3v) is 3.35. The van der Waals surface area contributed by atoms with Crippen molar-refractivity contribution in [2.45, 2.75) is 13.8 Å². The molecule has 0 bridgehead atoms. The molecule has 5 nitrogen and oxygen atoms in total. The molecule has 0 fully saturated rings. The Balaban J connectivity index is 2.25. The molecule has 1 N–H and O–H groups in total. The van der Waals surface area contributed by atoms with Gasteiger partial charge in [-0.15, -0.1) is 0 Å². The molecule has 1 aromatic heterocycles. The zero-order valence-corrected chi connectivity index (χ0v) is 12.3. The van der Waals surface area contributed by atoms with Crippen molar-refractivity contribution in [3.8, 4) is 11.3 Å². The summed E-state index contributed by atoms with van der Waals surface area (Å²) in [5.74, 6) is -0.293. The second-order valence-electron chi connectivity index (χ2n) is 5.06. The molecule has 2 aromatic carbocycles. The lowest BCUT2D eigenvalue weighted by Crippen LogP contribution is -2.07. The Labute approximate surface area is 127 Å². The Morgan fingerprint density at radius 1 is 1.05 bits per heavy atom. The second kappa shape index (κ2) is 5.44. The van der Waals surface area contributed by atoms with Crippen LogP contribution in [0.25, 0.3) is 22.2 Å². The summed E-state index contributed by atoms with van der Waals surface area (Å²) in [6, 6.07) is 15.1. The molecule has 0 atom stereocenters. The predicted molar refractivity (Wildman–Crippen MR) is 85.8 cm³/mol. The normalized spacial score (nSPS) is 10.6. The van der Waals surface area contributed by atoms with Crippen LogP contribution < -0.4 is 5.32 Å². The van der Waals surface area contributed by atoms with Gasteiger partial charge in [-0.05, 0) is 18.2 Å². The largest absolute Gasteiger partial charge is 0.326 e. The van der Waals surface area contributed by atoms with Crippen molar-refractivity contribution in [1.82, 2.24) is 9.78 Å². The average Bonchev–Trinajstić information content (AvgIpc) is 2.86. The highest BCUT2D eigenvalue weighted by Crippen LogP contribution is 2.30. The van der Waals surface area contributed by atoms with Crippen LogP contribution in [-0.4, -0.2) is 21.6 Å². The number of aromatic nitrogens is 2. The van der Waals surface area contributed by atoms with Gasteiger partial charge in [-0.1, -0.05) is 30.3 Å². The second-order valence-corrected chi connectivity index (χ2v) is 5.06. The van der Waals surface area contributed by atoms with Gasteiger partial charge in [0, 0.05) is 30.5 Å². The van der Waals surface area contributed by atoms with Crippen LogP contribution >= 0.6 is 0 Å². The highest BCUT2D eigenvalue weighted by atomic mass is 16.2. The molecule has 0 aliphatic heterocycles. The smallest absolute Gasteiger partial charge is 0.244 e. The van der Waals surface area contributed by atoms with Crippen molar-refractivity contribution in [3.63, 3.8) is 0 Å². The van der Waals surface area contributed by atoms with Crippen LogP contribution in [0.1, 0.15) is 18.6 Å². The molecule has 22 heavy (non-hydrogen) atoms. The van der Waals surface area contributed by atoms with Crippen LogP contribution in [0.15, 0.2) is 48.5 Å². The Bertz CT molecular complexity index is 866. The lowest BCUT2D eigenvalue weighted by molar-refractivity contribution is -0.114. The number of carbonyl (C=O) groups is 2. The topological polar surface area (TPSA) is 64.0 Å². The van der Waals surface area contributed by atoms with Gasteiger partial charge in [0.2, 0.25) is 11.8 Å². The fourth-order valence-electron chi connectivity index (χ4n) is 2.45. The Hall–Kier alpha value is -2.95. The highest BCUT2D eigenvalue weighted by Gasteiger charge is 2.15. The van der Waals surface area contributed by atoms with E-state index < -0.39 is 0 Å². The first-order valence-electron chi connectivity index (χ1n) is 6.93. The van der Waals surface area contributed by atoms with E-state index in [9.17, 15) is 9.59 Å². The summed E-state index contributed by atoms with van der Waals surface area (Å²) in [5, 5.41) is 8.01. The zero-order chi connectivity index (χ0) is 15.7. The zero-order valence-electron chi connectivity index (χ0n) is 12.3. The van der Waals surface area contributed by atoms with Gasteiger partial charge in [0.1, 0.15) is 5.69 Å². The molecular weight excluding hydrogens is 278 g/mol. The molecule has 110 valence electrons. The molecular formula is C17H15N3O2. The maximum atomic E-state index is 11.8. The van der Waals surface area contributed by atoms with Gasteiger partial charge in [0.05, 0.1) is 5.52 Å². The maximum absolute atomic E-state index is 11.8. The van der Waals surface area contributed by atoms with Crippen LogP contribution in [0.4, 0.5) is 5.69 Å². The molecule has 5 heteroatoms. The lowest BCUT2D eigenvalue weighted by atomic mass is 10.1. The average molecular weight is 293 g/mol. The number of amides is 1. The molecule has 3 aromatic rings. The number of rotatable bonds is 2. The number of carbonyl (C=O) groups excluding carboxylic acids is 2. The van der Waals surface area contributed by atoms with Crippen molar-refractivity contribution in [2.75, 3.05) is 5.32 Å². The minimum Gasteiger partial charge on any atom is -0.326 e. The number of anilines is 1. The summed E-state index contributed by atoms with van der Waals surface area (Å²) in [6.07, 6.45) is 0. The van der Waals surface area contributed by atoms with Crippen molar-refractivity contribution < 1.29 is 9.59 Å². The van der Waals surface area contributed by atoms with E-state index in [-0.39, 0.29) is 11.8 Å². The minimum atomic E-state index is -0.153. The highest BCUT2D eigenvalue weighted by molar-refractivity contribution is 6.01. The van der Waals surface area contributed by atoms with Crippen LogP contribution in [0.2, 0.25) is 0 Å². The van der Waals surface area contributed by atoms with Crippen molar-refractivity contribution >= 4 is 28.4 Å². The van der Waals surface area contributed by atoms with E-state index in [1.165, 1.54) is 18.5 Å². The molecule has 0 spiro atoms. The monoisotopic (exact) mass is 293 g/mol. The molecule has 1 heterocycles. The first-order chi connectivity index (χ1) is 10.6. The first-order valence-corrected chi connectivity index (χ1v) is 6.93. The third kappa shape index (κ3) is 2.48. The molecule has 3 rings (SSSR count). The number of hydrogen-bond acceptors (Lipinski definition) is 3. The number of hydrogen-bond donors (Lipinski definition) is 1. The summed E-state index contributed by atoms with van der Waals surface area (Å²) < 4.78 is 1.38. The van der Waals surface area contributed by atoms with E-state index in [2.05, 4.69) is 10.4 Å². The van der Waals surface area contributed by atoms with E-state index in [0.717, 1.165) is 22.2 Å². The van der Waals surface area contributed by atoms with Crippen LogP contribution in [0.3, 0.4) is 0 Å². The molecule has 0 saturated heterocycles. The van der Waals surface area contributed by atoms with Crippen LogP contribution in [0.5, 0.6) is 0 Å². The predicted octanol–water partition coefficient (Wildman–Crippen LogP) is 3.32. The van der Waals surface area contributed by atoms with Gasteiger partial charge in [-0.25, -0.2) is 0 Å². The van der Waals surface area contributed by atoms with E-state index in [4.69, 9.17) is 0 Å². The number of fused-ring (bicyclic) bond motifs is 1. The fourth-order valence-corrected chi connectivity index (χ4v) is 2.45. The SMILES string of the molecule is CC(=O)Nc1ccc2c(c1)c(-c1ccccc1)nn2C(C)=O. The fraction of sp³-hybridized carbons (Fsp3) is 0.118. The molecule has 0 aliphatic rings. The van der Waals surface area contributed by atoms with E-state index in [1.54, 1.807) is 12.1 Å². The number of benzene rings is 2. The number of nitrogens with zero attached hydrogens (tertiary/aromatic N) is 2. The first kappa shape index (κ1) is 14.0. The van der Waals surface area contributed by atoms with Crippen molar-refractivity contribution in [1.29, 1.82) is 0 Å². The molecule has 0 radical (unpaired) electrons. The van der Waals surface area contributed by atoms with Gasteiger partial charge in [-0.2, -0.15) is 9.78 Å². The Kier molecular flexibility index (Phi) is 3.47. The van der Waals surface area contributed by atoms with E-state index in [1.807, 2.05) is 36.4 Å². The molecule has 0 aliphatic carbocycles. The minimum absolute atomic E-state index is 0.139. The van der Waals surface area contributed by atoms with Gasteiger partial charge in [0.25, 0.3) is 0 Å². The quantitative estimate of drug-likeness (QED) is 0.788. The van der Waals surface area contributed by atoms with E-state index in [0.29, 0.717) is 5.69 Å². The Morgan fingerprint density at radius 3 is 2.41 bits per heavy atom. The molecule has 0 unspecified atom stereocenters.